The summed E-state index contributed by atoms with van der Waals surface area (Å²) in [4.78, 5) is 3.92. The van der Waals surface area contributed by atoms with Crippen molar-refractivity contribution in [1.82, 2.24) is 4.98 Å². The molecule has 20 heavy (non-hydrogen) atoms. The molecule has 0 aliphatic heterocycles. The maximum atomic E-state index is 13.7. The second-order valence-corrected chi connectivity index (χ2v) is 6.37. The minimum absolute atomic E-state index is 0.00740. The van der Waals surface area contributed by atoms with Crippen molar-refractivity contribution in [2.24, 2.45) is 0 Å². The smallest absolute Gasteiger partial charge is 0.262 e. The van der Waals surface area contributed by atoms with Crippen molar-refractivity contribution in [3.05, 3.63) is 46.8 Å². The summed E-state index contributed by atoms with van der Waals surface area (Å²) >= 11 is 3.11. The van der Waals surface area contributed by atoms with Gasteiger partial charge in [0.2, 0.25) is 0 Å². The van der Waals surface area contributed by atoms with Crippen LogP contribution in [0.25, 0.3) is 0 Å². The molecule has 0 bridgehead atoms. The molecule has 0 spiro atoms. The highest BCUT2D eigenvalue weighted by atomic mass is 79.9. The molecule has 5 nitrogen and oxygen atoms in total. The van der Waals surface area contributed by atoms with Crippen LogP contribution < -0.4 is 10.0 Å². The van der Waals surface area contributed by atoms with Crippen LogP contribution in [0.2, 0.25) is 0 Å². The molecule has 0 aliphatic rings. The van der Waals surface area contributed by atoms with Crippen LogP contribution in [-0.2, 0) is 10.0 Å². The van der Waals surface area contributed by atoms with Gasteiger partial charge in [0.05, 0.1) is 10.6 Å². The van der Waals surface area contributed by atoms with Crippen LogP contribution in [-0.4, -0.2) is 20.4 Å². The number of sulfonamides is 1. The first-order valence-electron chi connectivity index (χ1n) is 5.54. The summed E-state index contributed by atoms with van der Waals surface area (Å²) in [6.07, 6.45) is 1.36. The van der Waals surface area contributed by atoms with E-state index in [-0.39, 0.29) is 10.6 Å². The van der Waals surface area contributed by atoms with Gasteiger partial charge in [-0.05, 0) is 34.1 Å². The largest absolute Gasteiger partial charge is 0.373 e. The van der Waals surface area contributed by atoms with E-state index < -0.39 is 15.8 Å². The van der Waals surface area contributed by atoms with Crippen molar-refractivity contribution in [3.8, 4) is 0 Å². The number of aromatic nitrogens is 1. The zero-order chi connectivity index (χ0) is 14.8. The summed E-state index contributed by atoms with van der Waals surface area (Å²) in [5, 5.41) is 2.74. The first-order chi connectivity index (χ1) is 9.44. The topological polar surface area (TPSA) is 71.1 Å². The van der Waals surface area contributed by atoms with Crippen LogP contribution in [0.1, 0.15) is 0 Å². The monoisotopic (exact) mass is 359 g/mol. The van der Waals surface area contributed by atoms with E-state index in [1.807, 2.05) is 0 Å². The summed E-state index contributed by atoms with van der Waals surface area (Å²) in [5.74, 6) is -0.258. The van der Waals surface area contributed by atoms with Crippen molar-refractivity contribution in [2.45, 2.75) is 4.90 Å². The molecule has 0 aliphatic carbocycles. The standard InChI is InChI=1S/C12H11BrFN3O2S/c1-15-11-7-8(5-6-16-11)20(18,19)17-12-9(13)3-2-4-10(12)14/h2-7,17H,1H3,(H,15,16). The molecule has 0 saturated heterocycles. The summed E-state index contributed by atoms with van der Waals surface area (Å²) < 4.78 is 40.6. The van der Waals surface area contributed by atoms with Gasteiger partial charge < -0.3 is 5.32 Å². The molecule has 0 radical (unpaired) electrons. The summed E-state index contributed by atoms with van der Waals surface area (Å²) in [6, 6.07) is 6.89. The highest BCUT2D eigenvalue weighted by Crippen LogP contribution is 2.27. The van der Waals surface area contributed by atoms with Gasteiger partial charge in [-0.3, -0.25) is 4.72 Å². The second kappa shape index (κ2) is 5.76. The van der Waals surface area contributed by atoms with Gasteiger partial charge in [0.25, 0.3) is 10.0 Å². The number of hydrogen-bond donors (Lipinski definition) is 2. The number of pyridine rings is 1. The van der Waals surface area contributed by atoms with E-state index in [1.165, 1.54) is 30.5 Å². The van der Waals surface area contributed by atoms with E-state index in [1.54, 1.807) is 13.1 Å². The lowest BCUT2D eigenvalue weighted by Gasteiger charge is -2.11. The highest BCUT2D eigenvalue weighted by Gasteiger charge is 2.18. The fourth-order valence-corrected chi connectivity index (χ4v) is 3.18. The first kappa shape index (κ1) is 14.7. The van der Waals surface area contributed by atoms with Crippen LogP contribution in [0.5, 0.6) is 0 Å². The second-order valence-electron chi connectivity index (χ2n) is 3.83. The number of halogens is 2. The van der Waals surface area contributed by atoms with Gasteiger partial charge in [-0.2, -0.15) is 0 Å². The van der Waals surface area contributed by atoms with Crippen molar-refractivity contribution in [2.75, 3.05) is 17.1 Å². The Balaban J connectivity index is 2.41. The molecule has 0 unspecified atom stereocenters. The average molecular weight is 360 g/mol. The molecule has 0 saturated carbocycles. The van der Waals surface area contributed by atoms with Gasteiger partial charge in [-0.25, -0.2) is 17.8 Å². The van der Waals surface area contributed by atoms with Gasteiger partial charge in [-0.15, -0.1) is 0 Å². The Morgan fingerprint density at radius 3 is 2.70 bits per heavy atom. The fraction of sp³-hybridized carbons (Fsp3) is 0.0833. The molecule has 2 aromatic rings. The van der Waals surface area contributed by atoms with Crippen LogP contribution in [0.4, 0.5) is 15.9 Å². The van der Waals surface area contributed by atoms with E-state index in [9.17, 15) is 12.8 Å². The average Bonchev–Trinajstić information content (AvgIpc) is 2.43. The third-order valence-electron chi connectivity index (χ3n) is 2.50. The van der Waals surface area contributed by atoms with Crippen LogP contribution in [0.15, 0.2) is 45.9 Å². The maximum absolute atomic E-state index is 13.7. The first-order valence-corrected chi connectivity index (χ1v) is 7.82. The number of rotatable bonds is 4. The Bertz CT molecular complexity index is 717. The van der Waals surface area contributed by atoms with Gasteiger partial charge in [0.15, 0.2) is 0 Å². The molecule has 1 aromatic carbocycles. The molecule has 106 valence electrons. The molecule has 8 heteroatoms. The minimum Gasteiger partial charge on any atom is -0.373 e. The third-order valence-corrected chi connectivity index (χ3v) is 4.51. The summed E-state index contributed by atoms with van der Waals surface area (Å²) in [6.45, 7) is 0. The van der Waals surface area contributed by atoms with E-state index in [4.69, 9.17) is 0 Å². The zero-order valence-electron chi connectivity index (χ0n) is 10.4. The Morgan fingerprint density at radius 2 is 2.05 bits per heavy atom. The van der Waals surface area contributed by atoms with Crippen molar-refractivity contribution in [1.29, 1.82) is 0 Å². The minimum atomic E-state index is -3.89. The predicted octanol–water partition coefficient (Wildman–Crippen LogP) is 2.83. The predicted molar refractivity (Wildman–Crippen MR) is 78.7 cm³/mol. The summed E-state index contributed by atoms with van der Waals surface area (Å²) in [7, 11) is -2.27. The number of nitrogens with zero attached hydrogens (tertiary/aromatic N) is 1. The lowest BCUT2D eigenvalue weighted by Crippen LogP contribution is -2.14. The lowest BCUT2D eigenvalue weighted by atomic mass is 10.3. The molecule has 2 rings (SSSR count). The van der Waals surface area contributed by atoms with Crippen molar-refractivity contribution < 1.29 is 12.8 Å². The molecular formula is C12H11BrFN3O2S. The zero-order valence-corrected chi connectivity index (χ0v) is 12.8. The molecule has 0 amide bonds. The molecular weight excluding hydrogens is 349 g/mol. The molecule has 0 atom stereocenters. The molecule has 2 N–H and O–H groups in total. The fourth-order valence-electron chi connectivity index (χ4n) is 1.50. The van der Waals surface area contributed by atoms with E-state index in [2.05, 4.69) is 31.0 Å². The van der Waals surface area contributed by atoms with Gasteiger partial charge in [0, 0.05) is 23.8 Å². The number of benzene rings is 1. The maximum Gasteiger partial charge on any atom is 0.262 e. The van der Waals surface area contributed by atoms with E-state index in [0.29, 0.717) is 10.3 Å². The van der Waals surface area contributed by atoms with Crippen LogP contribution in [0, 0.1) is 5.82 Å². The quantitative estimate of drug-likeness (QED) is 0.880. The Hall–Kier alpha value is -1.67. The van der Waals surface area contributed by atoms with Crippen LogP contribution >= 0.6 is 15.9 Å². The van der Waals surface area contributed by atoms with Crippen LogP contribution in [0.3, 0.4) is 0 Å². The summed E-state index contributed by atoms with van der Waals surface area (Å²) in [5.41, 5.74) is -0.129. The highest BCUT2D eigenvalue weighted by molar-refractivity contribution is 9.10. The van der Waals surface area contributed by atoms with E-state index in [0.717, 1.165) is 0 Å². The normalized spacial score (nSPS) is 11.2. The van der Waals surface area contributed by atoms with Crippen molar-refractivity contribution >= 4 is 37.5 Å². The van der Waals surface area contributed by atoms with Gasteiger partial charge in [-0.1, -0.05) is 6.07 Å². The van der Waals surface area contributed by atoms with Gasteiger partial charge >= 0.3 is 0 Å². The Kier molecular flexibility index (Phi) is 4.24. The number of hydrogen-bond acceptors (Lipinski definition) is 4. The molecule has 1 aromatic heterocycles. The van der Waals surface area contributed by atoms with Gasteiger partial charge in [0.1, 0.15) is 11.6 Å². The molecule has 0 fully saturated rings. The Morgan fingerprint density at radius 1 is 1.30 bits per heavy atom. The number of nitrogens with one attached hydrogen (secondary N) is 2. The molecule has 1 heterocycles. The SMILES string of the molecule is CNc1cc(S(=O)(=O)Nc2c(F)cccc2Br)ccn1. The number of anilines is 2. The van der Waals surface area contributed by atoms with Crippen molar-refractivity contribution in [3.63, 3.8) is 0 Å². The van der Waals surface area contributed by atoms with E-state index >= 15 is 0 Å². The third kappa shape index (κ3) is 3.07. The Labute approximate surface area is 124 Å². The number of para-hydroxylation sites is 1. The lowest BCUT2D eigenvalue weighted by molar-refractivity contribution is 0.598.